The summed E-state index contributed by atoms with van der Waals surface area (Å²) >= 11 is 1.31. The van der Waals surface area contributed by atoms with Crippen LogP contribution in [-0.2, 0) is 0 Å². The van der Waals surface area contributed by atoms with Crippen LogP contribution in [0.3, 0.4) is 0 Å². The van der Waals surface area contributed by atoms with E-state index in [-0.39, 0.29) is 5.57 Å². The van der Waals surface area contributed by atoms with E-state index in [0.29, 0.717) is 5.56 Å². The quantitative estimate of drug-likeness (QED) is 0.667. The maximum atomic E-state index is 13.7. The molecular formula is C16H14F2S. The maximum absolute atomic E-state index is 13.7. The minimum atomic E-state index is -2.86. The average molecular weight is 276 g/mol. The van der Waals surface area contributed by atoms with Gasteiger partial charge in [-0.2, -0.15) is 0 Å². The number of rotatable bonds is 4. The molecule has 0 heterocycles. The first kappa shape index (κ1) is 13.8. The lowest BCUT2D eigenvalue weighted by atomic mass is 10.0. The summed E-state index contributed by atoms with van der Waals surface area (Å²) in [5, 5.41) is 1.53. The van der Waals surface area contributed by atoms with Crippen LogP contribution in [0.15, 0.2) is 71.0 Å². The molecule has 19 heavy (non-hydrogen) atoms. The number of alkyl halides is 2. The van der Waals surface area contributed by atoms with Crippen molar-refractivity contribution in [2.75, 3.05) is 0 Å². The number of benzene rings is 2. The molecule has 0 N–H and O–H groups in total. The zero-order valence-electron chi connectivity index (χ0n) is 10.5. The van der Waals surface area contributed by atoms with Crippen molar-refractivity contribution in [3.05, 3.63) is 71.6 Å². The lowest BCUT2D eigenvalue weighted by Crippen LogP contribution is -2.12. The highest BCUT2D eigenvalue weighted by Crippen LogP contribution is 2.35. The molecule has 0 radical (unpaired) electrons. The Bertz CT molecular complexity index is 542. The molecule has 2 rings (SSSR count). The third-order valence-electron chi connectivity index (χ3n) is 2.61. The van der Waals surface area contributed by atoms with Crippen molar-refractivity contribution in [3.8, 4) is 0 Å². The van der Waals surface area contributed by atoms with Gasteiger partial charge in [-0.3, -0.25) is 0 Å². The average Bonchev–Trinajstić information content (AvgIpc) is 2.40. The van der Waals surface area contributed by atoms with Gasteiger partial charge in [-0.05, 0) is 23.1 Å². The highest BCUT2D eigenvalue weighted by molar-refractivity contribution is 8.02. The van der Waals surface area contributed by atoms with Gasteiger partial charge in [0.1, 0.15) is 0 Å². The summed E-state index contributed by atoms with van der Waals surface area (Å²) in [4.78, 5) is 0.945. The van der Waals surface area contributed by atoms with E-state index in [1.807, 2.05) is 36.4 Å². The van der Waals surface area contributed by atoms with Crippen LogP contribution in [0.2, 0.25) is 0 Å². The summed E-state index contributed by atoms with van der Waals surface area (Å²) in [6.07, 6.45) is 0. The fourth-order valence-electron chi connectivity index (χ4n) is 1.67. The zero-order valence-corrected chi connectivity index (χ0v) is 11.3. The first-order valence-corrected chi connectivity index (χ1v) is 6.81. The molecule has 0 saturated carbocycles. The van der Waals surface area contributed by atoms with Crippen LogP contribution in [0, 0.1) is 0 Å². The number of hydrogen-bond acceptors (Lipinski definition) is 1. The van der Waals surface area contributed by atoms with Gasteiger partial charge in [0, 0.05) is 17.4 Å². The van der Waals surface area contributed by atoms with Crippen LogP contribution >= 0.6 is 11.8 Å². The van der Waals surface area contributed by atoms with Gasteiger partial charge in [0.05, 0.1) is 0 Å². The molecule has 0 aliphatic rings. The van der Waals surface area contributed by atoms with Crippen LogP contribution < -0.4 is 0 Å². The number of halogens is 2. The second-order valence-electron chi connectivity index (χ2n) is 4.22. The normalized spacial score (nSPS) is 12.5. The minimum Gasteiger partial charge on any atom is -0.202 e. The molecule has 2 aromatic rings. The SMILES string of the molecule is CC(F)(F)/C(=C\Sc1ccccc1)c1ccccc1. The Morgan fingerprint density at radius 2 is 1.47 bits per heavy atom. The van der Waals surface area contributed by atoms with Gasteiger partial charge in [-0.1, -0.05) is 60.3 Å². The monoisotopic (exact) mass is 276 g/mol. The van der Waals surface area contributed by atoms with Crippen molar-refractivity contribution < 1.29 is 8.78 Å². The van der Waals surface area contributed by atoms with E-state index in [1.165, 1.54) is 17.2 Å². The lowest BCUT2D eigenvalue weighted by Gasteiger charge is -2.15. The van der Waals surface area contributed by atoms with Gasteiger partial charge < -0.3 is 0 Å². The molecule has 3 heteroatoms. The van der Waals surface area contributed by atoms with Gasteiger partial charge in [0.15, 0.2) is 0 Å². The Morgan fingerprint density at radius 3 is 2.00 bits per heavy atom. The Kier molecular flexibility index (Phi) is 4.38. The topological polar surface area (TPSA) is 0 Å². The van der Waals surface area contributed by atoms with Crippen molar-refractivity contribution in [3.63, 3.8) is 0 Å². The number of thioether (sulfide) groups is 1. The summed E-state index contributed by atoms with van der Waals surface area (Å²) in [6.45, 7) is 0.928. The second kappa shape index (κ2) is 6.02. The molecule has 0 saturated heterocycles. The van der Waals surface area contributed by atoms with Gasteiger partial charge in [0.25, 0.3) is 5.92 Å². The van der Waals surface area contributed by atoms with E-state index in [2.05, 4.69) is 0 Å². The molecule has 2 aromatic carbocycles. The largest absolute Gasteiger partial charge is 0.271 e. The third-order valence-corrected chi connectivity index (χ3v) is 3.51. The number of hydrogen-bond donors (Lipinski definition) is 0. The predicted octanol–water partition coefficient (Wildman–Crippen LogP) is 5.48. The van der Waals surface area contributed by atoms with Gasteiger partial charge in [-0.15, -0.1) is 0 Å². The molecule has 0 fully saturated rings. The van der Waals surface area contributed by atoms with Crippen LogP contribution in [0.4, 0.5) is 8.78 Å². The third kappa shape index (κ3) is 3.93. The molecule has 0 amide bonds. The van der Waals surface area contributed by atoms with Gasteiger partial charge >= 0.3 is 0 Å². The van der Waals surface area contributed by atoms with Crippen molar-refractivity contribution >= 4 is 17.3 Å². The summed E-state index contributed by atoms with van der Waals surface area (Å²) in [5.41, 5.74) is 0.598. The smallest absolute Gasteiger partial charge is 0.202 e. The summed E-state index contributed by atoms with van der Waals surface area (Å²) in [6, 6.07) is 18.2. The molecular weight excluding hydrogens is 262 g/mol. The van der Waals surface area contributed by atoms with E-state index in [0.717, 1.165) is 11.8 Å². The molecule has 0 aliphatic carbocycles. The highest BCUT2D eigenvalue weighted by atomic mass is 32.2. The van der Waals surface area contributed by atoms with Crippen LogP contribution in [0.25, 0.3) is 5.57 Å². The van der Waals surface area contributed by atoms with Crippen LogP contribution in [0.1, 0.15) is 12.5 Å². The second-order valence-corrected chi connectivity index (χ2v) is 5.16. The fraction of sp³-hybridized carbons (Fsp3) is 0.125. The van der Waals surface area contributed by atoms with Crippen molar-refractivity contribution in [2.24, 2.45) is 0 Å². The van der Waals surface area contributed by atoms with Crippen molar-refractivity contribution in [1.29, 1.82) is 0 Å². The Hall–Kier alpha value is -1.61. The molecule has 0 atom stereocenters. The Morgan fingerprint density at radius 1 is 0.947 bits per heavy atom. The Balaban J connectivity index is 2.29. The van der Waals surface area contributed by atoms with E-state index in [4.69, 9.17) is 0 Å². The standard InChI is InChI=1S/C16H14F2S/c1-16(17,18)15(13-8-4-2-5-9-13)12-19-14-10-6-3-7-11-14/h2-12H,1H3/b15-12-. The molecule has 0 unspecified atom stereocenters. The summed E-state index contributed by atoms with van der Waals surface area (Å²) in [5.74, 6) is -2.86. The van der Waals surface area contributed by atoms with Crippen molar-refractivity contribution in [1.82, 2.24) is 0 Å². The van der Waals surface area contributed by atoms with Crippen molar-refractivity contribution in [2.45, 2.75) is 17.7 Å². The molecule has 0 aliphatic heterocycles. The zero-order chi connectivity index (χ0) is 13.7. The molecule has 0 spiro atoms. The molecule has 98 valence electrons. The fourth-order valence-corrected chi connectivity index (χ4v) is 2.58. The first-order chi connectivity index (χ1) is 9.07. The minimum absolute atomic E-state index is 0.0435. The molecule has 0 nitrogen and oxygen atoms in total. The maximum Gasteiger partial charge on any atom is 0.271 e. The number of allylic oxidation sites excluding steroid dienone is 1. The van der Waals surface area contributed by atoms with Crippen LogP contribution in [0.5, 0.6) is 0 Å². The summed E-state index contributed by atoms with van der Waals surface area (Å²) in [7, 11) is 0. The first-order valence-electron chi connectivity index (χ1n) is 5.93. The van der Waals surface area contributed by atoms with E-state index >= 15 is 0 Å². The molecule has 0 aromatic heterocycles. The van der Waals surface area contributed by atoms with Crippen LogP contribution in [-0.4, -0.2) is 5.92 Å². The van der Waals surface area contributed by atoms with Gasteiger partial charge in [0.2, 0.25) is 0 Å². The predicted molar refractivity (Wildman–Crippen MR) is 77.3 cm³/mol. The lowest BCUT2D eigenvalue weighted by molar-refractivity contribution is 0.0894. The molecule has 0 bridgehead atoms. The van der Waals surface area contributed by atoms with E-state index < -0.39 is 5.92 Å². The highest BCUT2D eigenvalue weighted by Gasteiger charge is 2.28. The van der Waals surface area contributed by atoms with E-state index in [9.17, 15) is 8.78 Å². The summed E-state index contributed by atoms with van der Waals surface area (Å²) < 4.78 is 27.4. The van der Waals surface area contributed by atoms with Gasteiger partial charge in [-0.25, -0.2) is 8.78 Å². The Labute approximate surface area is 116 Å². The van der Waals surface area contributed by atoms with E-state index in [1.54, 1.807) is 24.3 Å².